The molecule has 15 nitrogen and oxygen atoms in total. The number of hydrogen-bond acceptors (Lipinski definition) is 8. The molecule has 0 bridgehead atoms. The second-order valence-corrected chi connectivity index (χ2v) is 17.8. The summed E-state index contributed by atoms with van der Waals surface area (Å²) in [6.07, 6.45) is 11.3. The van der Waals surface area contributed by atoms with Crippen molar-refractivity contribution in [3.8, 4) is 11.3 Å². The van der Waals surface area contributed by atoms with Crippen LogP contribution in [0.3, 0.4) is 0 Å². The smallest absolute Gasteiger partial charge is 0.407 e. The van der Waals surface area contributed by atoms with Crippen molar-refractivity contribution in [1.82, 2.24) is 45.3 Å². The first-order chi connectivity index (χ1) is 30.1. The fourth-order valence-corrected chi connectivity index (χ4v) is 9.94. The van der Waals surface area contributed by atoms with Crippen LogP contribution in [0.1, 0.15) is 136 Å². The molecule has 5 amide bonds. The molecule has 1 aliphatic carbocycles. The Morgan fingerprint density at radius 3 is 1.98 bits per heavy atom. The van der Waals surface area contributed by atoms with Crippen LogP contribution in [0.5, 0.6) is 0 Å². The lowest BCUT2D eigenvalue weighted by Crippen LogP contribution is -2.51. The number of amides is 5. The van der Waals surface area contributed by atoms with Crippen molar-refractivity contribution in [2.45, 2.75) is 120 Å². The first-order valence-electron chi connectivity index (χ1n) is 22.5. The maximum Gasteiger partial charge on any atom is 0.407 e. The second kappa shape index (κ2) is 19.1. The van der Waals surface area contributed by atoms with Gasteiger partial charge in [0.15, 0.2) is 0 Å². The van der Waals surface area contributed by atoms with Gasteiger partial charge >= 0.3 is 12.1 Å². The van der Waals surface area contributed by atoms with Gasteiger partial charge in [0.25, 0.3) is 0 Å². The number of benzene rings is 2. The van der Waals surface area contributed by atoms with E-state index in [0.29, 0.717) is 50.9 Å². The maximum absolute atomic E-state index is 14.3. The molecule has 0 radical (unpaired) electrons. The first-order valence-corrected chi connectivity index (χ1v) is 22.5. The van der Waals surface area contributed by atoms with Crippen LogP contribution in [0.4, 0.5) is 9.59 Å². The number of aromatic amines is 2. The van der Waals surface area contributed by atoms with E-state index in [0.717, 1.165) is 85.5 Å². The molecule has 8 rings (SSSR count). The molecule has 4 aromatic rings. The van der Waals surface area contributed by atoms with Gasteiger partial charge in [0.1, 0.15) is 23.7 Å². The largest absolute Gasteiger partial charge is 0.453 e. The van der Waals surface area contributed by atoms with E-state index in [1.54, 1.807) is 4.90 Å². The number of carbonyl (C=O) groups is 4. The van der Waals surface area contributed by atoms with E-state index in [1.807, 2.05) is 66.4 Å². The third-order valence-corrected chi connectivity index (χ3v) is 13.6. The Bertz CT molecular complexity index is 2160. The third-order valence-electron chi connectivity index (χ3n) is 13.6. The zero-order valence-corrected chi connectivity index (χ0v) is 36.1. The molecule has 4 atom stereocenters. The normalized spacial score (nSPS) is 23.0. The minimum Gasteiger partial charge on any atom is -0.453 e. The molecular weight excluding hydrogens is 787 g/mol. The number of nitrogens with zero attached hydrogens (tertiary/aromatic N) is 5. The minimum absolute atomic E-state index is 0.0977. The zero-order valence-electron chi connectivity index (χ0n) is 36.1. The summed E-state index contributed by atoms with van der Waals surface area (Å²) >= 11 is 0. The Kier molecular flexibility index (Phi) is 13.3. The van der Waals surface area contributed by atoms with E-state index in [-0.39, 0.29) is 35.8 Å². The zero-order chi connectivity index (χ0) is 43.3. The van der Waals surface area contributed by atoms with Gasteiger partial charge < -0.3 is 45.1 Å². The van der Waals surface area contributed by atoms with Gasteiger partial charge in [-0.15, -0.1) is 0 Å². The molecule has 0 unspecified atom stereocenters. The fourth-order valence-electron chi connectivity index (χ4n) is 9.94. The highest BCUT2D eigenvalue weighted by atomic mass is 16.5. The summed E-state index contributed by atoms with van der Waals surface area (Å²) < 4.78 is 4.77. The van der Waals surface area contributed by atoms with Crippen molar-refractivity contribution < 1.29 is 29.0 Å². The maximum atomic E-state index is 14.3. The van der Waals surface area contributed by atoms with Crippen molar-refractivity contribution in [3.05, 3.63) is 95.5 Å². The average molecular weight is 848 g/mol. The topological polar surface area (TPSA) is 189 Å². The van der Waals surface area contributed by atoms with E-state index in [2.05, 4.69) is 44.9 Å². The number of urea groups is 1. The van der Waals surface area contributed by atoms with Crippen LogP contribution in [-0.2, 0) is 14.3 Å². The molecule has 5 heterocycles. The molecule has 3 saturated heterocycles. The van der Waals surface area contributed by atoms with E-state index >= 15 is 0 Å². The van der Waals surface area contributed by atoms with Crippen molar-refractivity contribution in [3.63, 3.8) is 0 Å². The Balaban J connectivity index is 0.868. The number of hydrogen-bond donors (Lipinski definition) is 5. The van der Waals surface area contributed by atoms with Gasteiger partial charge in [-0.3, -0.25) is 9.59 Å². The Morgan fingerprint density at radius 2 is 1.34 bits per heavy atom. The quantitative estimate of drug-likeness (QED) is 0.108. The van der Waals surface area contributed by atoms with E-state index in [1.165, 1.54) is 12.7 Å². The van der Waals surface area contributed by atoms with E-state index in [9.17, 15) is 24.3 Å². The van der Waals surface area contributed by atoms with Gasteiger partial charge in [-0.1, -0.05) is 68.4 Å². The summed E-state index contributed by atoms with van der Waals surface area (Å²) in [6, 6.07) is 16.0. The predicted molar refractivity (Wildman–Crippen MR) is 233 cm³/mol. The summed E-state index contributed by atoms with van der Waals surface area (Å²) in [5.41, 5.74) is 5.11. The van der Waals surface area contributed by atoms with Crippen molar-refractivity contribution in [2.24, 2.45) is 5.92 Å². The number of nitrogens with one attached hydrogen (secondary N) is 4. The standard InChI is InChI=1S/C47H61N9O6/c1-29(2)40(53-47(61)62-3)44(58)55-23-7-11-38(55)42-48-27-36(50-42)32-17-13-30(14-18-32)31-15-19-33(20-16-31)37-28-49-43(51-37)39-12-8-24-56(39)45(59)41(34-9-5-4-6-10-34)52-46(60)54-25-21-35(57)22-26-54/h4-6,9-10,13-14,17-18,27-29,31,33,35,38-41,57H,7-8,11-12,15-16,19-26H2,1-3H3,(H,48,50)(H,49,51)(H,52,60)(H,53,61)/t31-,33-,38-,39-,40-,41+/m0/s1. The van der Waals surface area contributed by atoms with Crippen LogP contribution < -0.4 is 10.6 Å². The lowest BCUT2D eigenvalue weighted by atomic mass is 9.77. The molecule has 330 valence electrons. The van der Waals surface area contributed by atoms with Gasteiger partial charge in [0.05, 0.1) is 37.2 Å². The number of rotatable bonds is 11. The molecule has 4 aliphatic rings. The molecule has 62 heavy (non-hydrogen) atoms. The van der Waals surface area contributed by atoms with Crippen LogP contribution in [0.15, 0.2) is 67.0 Å². The van der Waals surface area contributed by atoms with Crippen LogP contribution in [-0.4, -0.2) is 109 Å². The molecule has 0 spiro atoms. The number of aromatic nitrogens is 4. The number of piperidine rings is 1. The van der Waals surface area contributed by atoms with Crippen LogP contribution >= 0.6 is 0 Å². The molecule has 2 aromatic heterocycles. The monoisotopic (exact) mass is 847 g/mol. The first kappa shape index (κ1) is 43.0. The Hall–Kier alpha value is -5.70. The summed E-state index contributed by atoms with van der Waals surface area (Å²) in [5.74, 6) is 2.00. The highest BCUT2D eigenvalue weighted by Gasteiger charge is 2.39. The fraction of sp³-hybridized carbons (Fsp3) is 0.532. The second-order valence-electron chi connectivity index (χ2n) is 17.8. The highest BCUT2D eigenvalue weighted by Crippen LogP contribution is 2.42. The predicted octanol–water partition coefficient (Wildman–Crippen LogP) is 6.86. The lowest BCUT2D eigenvalue weighted by molar-refractivity contribution is -0.135. The van der Waals surface area contributed by atoms with Gasteiger partial charge in [0, 0.05) is 44.0 Å². The number of alkyl carbamates (subject to hydrolysis) is 1. The third kappa shape index (κ3) is 9.37. The number of aliphatic hydroxyl groups is 1. The van der Waals surface area contributed by atoms with Gasteiger partial charge in [0.2, 0.25) is 11.8 Å². The van der Waals surface area contributed by atoms with E-state index < -0.39 is 24.3 Å². The number of methoxy groups -OCH3 is 1. The number of aliphatic hydroxyl groups excluding tert-OH is 1. The van der Waals surface area contributed by atoms with Crippen LogP contribution in [0.2, 0.25) is 0 Å². The van der Waals surface area contributed by atoms with Gasteiger partial charge in [-0.25, -0.2) is 19.6 Å². The molecule has 1 saturated carbocycles. The minimum atomic E-state index is -0.825. The van der Waals surface area contributed by atoms with Gasteiger partial charge in [-0.05, 0) is 92.7 Å². The number of ether oxygens (including phenoxy) is 1. The highest BCUT2D eigenvalue weighted by molar-refractivity contribution is 5.89. The van der Waals surface area contributed by atoms with Crippen molar-refractivity contribution in [1.29, 1.82) is 0 Å². The Morgan fingerprint density at radius 1 is 0.726 bits per heavy atom. The molecule has 3 aliphatic heterocycles. The number of imidazole rings is 2. The molecule has 2 aromatic carbocycles. The van der Waals surface area contributed by atoms with Crippen molar-refractivity contribution in [2.75, 3.05) is 33.3 Å². The summed E-state index contributed by atoms with van der Waals surface area (Å²) in [7, 11) is 1.30. The Labute approximate surface area is 363 Å². The molecule has 5 N–H and O–H groups in total. The number of likely N-dealkylation sites (tertiary alicyclic amines) is 3. The van der Waals surface area contributed by atoms with E-state index in [4.69, 9.17) is 14.7 Å². The van der Waals surface area contributed by atoms with Crippen LogP contribution in [0, 0.1) is 5.92 Å². The SMILES string of the molecule is COC(=O)N[C@H](C(=O)N1CCC[C@H]1c1ncc(-c2ccc([C@H]3CC[C@H](c4cnc([C@@H]5CCCN5C(=O)[C@H](NC(=O)N5CCC(O)CC5)c5ccccc5)[nH]4)CC3)cc2)[nH]1)C(C)C. The molecular formula is C47H61N9O6. The number of H-pyrrole nitrogens is 2. The molecule has 4 fully saturated rings. The summed E-state index contributed by atoms with van der Waals surface area (Å²) in [5, 5.41) is 15.7. The molecule has 15 heteroatoms. The summed E-state index contributed by atoms with van der Waals surface area (Å²) in [6.45, 7) is 5.93. The summed E-state index contributed by atoms with van der Waals surface area (Å²) in [4.78, 5) is 75.4. The number of carbonyl (C=O) groups excluding carboxylic acids is 4. The van der Waals surface area contributed by atoms with Crippen molar-refractivity contribution >= 4 is 23.9 Å². The lowest BCUT2D eigenvalue weighted by Gasteiger charge is -2.33. The van der Waals surface area contributed by atoms with Crippen LogP contribution in [0.25, 0.3) is 11.3 Å². The van der Waals surface area contributed by atoms with Gasteiger partial charge in [-0.2, -0.15) is 0 Å². The average Bonchev–Trinajstić information content (AvgIpc) is 4.15.